The Bertz CT molecular complexity index is 580. The molecule has 0 aliphatic carbocycles. The molecule has 5 nitrogen and oxygen atoms in total. The Balaban J connectivity index is 2.96. The minimum absolute atomic E-state index is 0.0113. The molecule has 0 aromatic carbocycles. The Morgan fingerprint density at radius 3 is 2.50 bits per heavy atom. The average Bonchev–Trinajstić information content (AvgIpc) is 2.70. The fourth-order valence-corrected chi connectivity index (χ4v) is 4.24. The van der Waals surface area contributed by atoms with Gasteiger partial charge in [-0.15, -0.1) is 11.3 Å². The number of thiophene rings is 1. The van der Waals surface area contributed by atoms with E-state index in [-0.39, 0.29) is 22.1 Å². The number of amides is 1. The van der Waals surface area contributed by atoms with Gasteiger partial charge < -0.3 is 10.1 Å². The summed E-state index contributed by atoms with van der Waals surface area (Å²) < 4.78 is 27.8. The van der Waals surface area contributed by atoms with E-state index in [0.29, 0.717) is 17.7 Å². The van der Waals surface area contributed by atoms with Crippen molar-refractivity contribution in [1.29, 1.82) is 0 Å². The highest BCUT2D eigenvalue weighted by Gasteiger charge is 2.24. The standard InChI is InChI=1S/C12H18ClNO4S2/c1-7(2)10(5-18-4)14-11(15)9-6-19-12(8(9)3)20(13,16)17/h6-7,10H,5H2,1-4H3,(H,14,15). The van der Waals surface area contributed by atoms with Gasteiger partial charge in [0, 0.05) is 23.2 Å². The molecule has 1 aromatic rings. The first-order valence-electron chi connectivity index (χ1n) is 6.01. The highest BCUT2D eigenvalue weighted by Crippen LogP contribution is 2.29. The molecule has 114 valence electrons. The molecule has 0 bridgehead atoms. The fraction of sp³-hybridized carbons (Fsp3) is 0.583. The van der Waals surface area contributed by atoms with Crippen molar-refractivity contribution in [2.75, 3.05) is 13.7 Å². The Morgan fingerprint density at radius 2 is 2.10 bits per heavy atom. The molecule has 1 amide bonds. The summed E-state index contributed by atoms with van der Waals surface area (Å²) in [5.41, 5.74) is 0.707. The summed E-state index contributed by atoms with van der Waals surface area (Å²) in [7, 11) is 3.07. The summed E-state index contributed by atoms with van der Waals surface area (Å²) in [5.74, 6) is -0.116. The quantitative estimate of drug-likeness (QED) is 0.808. The van der Waals surface area contributed by atoms with E-state index in [1.165, 1.54) is 5.38 Å². The number of carbonyl (C=O) groups is 1. The normalized spacial score (nSPS) is 13.5. The number of halogens is 1. The molecule has 0 radical (unpaired) electrons. The van der Waals surface area contributed by atoms with Gasteiger partial charge in [0.05, 0.1) is 18.2 Å². The molecule has 0 aliphatic rings. The summed E-state index contributed by atoms with van der Waals surface area (Å²) in [4.78, 5) is 12.2. The van der Waals surface area contributed by atoms with Gasteiger partial charge in [-0.1, -0.05) is 13.8 Å². The van der Waals surface area contributed by atoms with Crippen LogP contribution in [0.3, 0.4) is 0 Å². The maximum atomic E-state index is 12.2. The molecule has 0 saturated carbocycles. The third kappa shape index (κ3) is 4.18. The molecule has 0 aliphatic heterocycles. The Hall–Kier alpha value is -0.630. The monoisotopic (exact) mass is 339 g/mol. The maximum Gasteiger partial charge on any atom is 0.271 e. The van der Waals surface area contributed by atoms with Crippen molar-refractivity contribution in [3.63, 3.8) is 0 Å². The summed E-state index contributed by atoms with van der Waals surface area (Å²) >= 11 is 0.948. The first kappa shape index (κ1) is 17.4. The van der Waals surface area contributed by atoms with Gasteiger partial charge in [0.25, 0.3) is 15.0 Å². The SMILES string of the molecule is COCC(NC(=O)c1csc(S(=O)(=O)Cl)c1C)C(C)C. The van der Waals surface area contributed by atoms with Gasteiger partial charge in [0.1, 0.15) is 4.21 Å². The molecule has 0 saturated heterocycles. The highest BCUT2D eigenvalue weighted by atomic mass is 35.7. The number of rotatable bonds is 6. The first-order chi connectivity index (χ1) is 9.18. The van der Waals surface area contributed by atoms with Crippen molar-refractivity contribution in [3.05, 3.63) is 16.5 Å². The van der Waals surface area contributed by atoms with Crippen molar-refractivity contribution in [2.24, 2.45) is 5.92 Å². The van der Waals surface area contributed by atoms with Crippen LogP contribution in [0.2, 0.25) is 0 Å². The molecule has 1 aromatic heterocycles. The lowest BCUT2D eigenvalue weighted by Gasteiger charge is -2.21. The van der Waals surface area contributed by atoms with Gasteiger partial charge >= 0.3 is 0 Å². The van der Waals surface area contributed by atoms with Crippen LogP contribution in [0.25, 0.3) is 0 Å². The van der Waals surface area contributed by atoms with E-state index < -0.39 is 9.05 Å². The second-order valence-corrected chi connectivity index (χ2v) is 8.42. The van der Waals surface area contributed by atoms with E-state index in [9.17, 15) is 13.2 Å². The first-order valence-corrected chi connectivity index (χ1v) is 9.20. The zero-order chi connectivity index (χ0) is 15.5. The number of hydrogen-bond donors (Lipinski definition) is 1. The lowest BCUT2D eigenvalue weighted by atomic mass is 10.0. The predicted molar refractivity (Wildman–Crippen MR) is 80.1 cm³/mol. The van der Waals surface area contributed by atoms with Crippen LogP contribution < -0.4 is 5.32 Å². The molecule has 1 atom stereocenters. The lowest BCUT2D eigenvalue weighted by molar-refractivity contribution is 0.0866. The van der Waals surface area contributed by atoms with Crippen molar-refractivity contribution in [3.8, 4) is 0 Å². The van der Waals surface area contributed by atoms with Crippen LogP contribution in [0.5, 0.6) is 0 Å². The lowest BCUT2D eigenvalue weighted by Crippen LogP contribution is -2.41. The number of nitrogens with one attached hydrogen (secondary N) is 1. The average molecular weight is 340 g/mol. The van der Waals surface area contributed by atoms with Crippen molar-refractivity contribution in [1.82, 2.24) is 5.32 Å². The summed E-state index contributed by atoms with van der Waals surface area (Å²) in [6.07, 6.45) is 0. The molecule has 8 heteroatoms. The number of hydrogen-bond acceptors (Lipinski definition) is 5. The van der Waals surface area contributed by atoms with Gasteiger partial charge in [-0.2, -0.15) is 0 Å². The minimum atomic E-state index is -3.82. The zero-order valence-electron chi connectivity index (χ0n) is 11.8. The van der Waals surface area contributed by atoms with Crippen LogP contribution in [0.15, 0.2) is 9.59 Å². The van der Waals surface area contributed by atoms with Gasteiger partial charge in [-0.3, -0.25) is 4.79 Å². The Kier molecular flexibility index (Phi) is 6.00. The van der Waals surface area contributed by atoms with Crippen LogP contribution in [0.1, 0.15) is 29.8 Å². The topological polar surface area (TPSA) is 72.5 Å². The second kappa shape index (κ2) is 6.89. The van der Waals surface area contributed by atoms with E-state index in [0.717, 1.165) is 11.3 Å². The largest absolute Gasteiger partial charge is 0.383 e. The number of methoxy groups -OCH3 is 1. The van der Waals surface area contributed by atoms with Crippen LogP contribution in [-0.4, -0.2) is 34.1 Å². The highest BCUT2D eigenvalue weighted by molar-refractivity contribution is 8.15. The molecule has 1 heterocycles. The molecule has 1 unspecified atom stereocenters. The van der Waals surface area contributed by atoms with E-state index in [4.69, 9.17) is 15.4 Å². The van der Waals surface area contributed by atoms with Crippen molar-refractivity contribution < 1.29 is 17.9 Å². The smallest absolute Gasteiger partial charge is 0.271 e. The van der Waals surface area contributed by atoms with Crippen LogP contribution >= 0.6 is 22.0 Å². The van der Waals surface area contributed by atoms with Crippen molar-refractivity contribution in [2.45, 2.75) is 31.0 Å². The van der Waals surface area contributed by atoms with E-state index >= 15 is 0 Å². The van der Waals surface area contributed by atoms with E-state index in [1.807, 2.05) is 13.8 Å². The summed E-state index contributed by atoms with van der Waals surface area (Å²) in [5, 5.41) is 4.35. The predicted octanol–water partition coefficient (Wildman–Crippen LogP) is 2.38. The Labute approximate surface area is 127 Å². The molecular formula is C12H18ClNO4S2. The third-order valence-electron chi connectivity index (χ3n) is 2.93. The van der Waals surface area contributed by atoms with Crippen LogP contribution in [-0.2, 0) is 13.8 Å². The summed E-state index contributed by atoms with van der Waals surface area (Å²) in [6.45, 7) is 5.91. The van der Waals surface area contributed by atoms with E-state index in [2.05, 4.69) is 5.32 Å². The van der Waals surface area contributed by atoms with Crippen LogP contribution in [0, 0.1) is 12.8 Å². The van der Waals surface area contributed by atoms with Gasteiger partial charge in [-0.25, -0.2) is 8.42 Å². The van der Waals surface area contributed by atoms with Crippen molar-refractivity contribution >= 4 is 37.0 Å². The second-order valence-electron chi connectivity index (χ2n) is 4.78. The maximum absolute atomic E-state index is 12.2. The number of ether oxygens (including phenoxy) is 1. The molecule has 20 heavy (non-hydrogen) atoms. The minimum Gasteiger partial charge on any atom is -0.383 e. The molecular weight excluding hydrogens is 322 g/mol. The fourth-order valence-electron chi connectivity index (χ4n) is 1.69. The van der Waals surface area contributed by atoms with Gasteiger partial charge in [0.15, 0.2) is 0 Å². The molecule has 1 N–H and O–H groups in total. The molecule has 1 rings (SSSR count). The summed E-state index contributed by atoms with van der Waals surface area (Å²) in [6, 6.07) is -0.136. The van der Waals surface area contributed by atoms with Gasteiger partial charge in [-0.05, 0) is 18.4 Å². The van der Waals surface area contributed by atoms with Gasteiger partial charge in [0.2, 0.25) is 0 Å². The van der Waals surface area contributed by atoms with Crippen LogP contribution in [0.4, 0.5) is 0 Å². The Morgan fingerprint density at radius 1 is 1.50 bits per heavy atom. The third-order valence-corrected chi connectivity index (χ3v) is 6.23. The van der Waals surface area contributed by atoms with E-state index in [1.54, 1.807) is 14.0 Å². The molecule has 0 spiro atoms. The number of carbonyl (C=O) groups excluding carboxylic acids is 1. The molecule has 0 fully saturated rings. The zero-order valence-corrected chi connectivity index (χ0v) is 14.2.